The Morgan fingerprint density at radius 1 is 1.43 bits per heavy atom. The zero-order chi connectivity index (χ0) is 16.4. The molecule has 0 aliphatic heterocycles. The number of aliphatic hydroxyl groups is 1. The highest BCUT2D eigenvalue weighted by atomic mass is 16.4. The molecule has 0 spiro atoms. The lowest BCUT2D eigenvalue weighted by atomic mass is 9.64. The minimum absolute atomic E-state index is 0.0137. The van der Waals surface area contributed by atoms with Crippen LogP contribution in [0.25, 0.3) is 0 Å². The summed E-state index contributed by atoms with van der Waals surface area (Å²) in [4.78, 5) is 22.7. The largest absolute Gasteiger partial charge is 0.478 e. The maximum absolute atomic E-state index is 11.6. The van der Waals surface area contributed by atoms with E-state index in [9.17, 15) is 14.7 Å². The summed E-state index contributed by atoms with van der Waals surface area (Å²) < 4.78 is 0. The Morgan fingerprint density at radius 3 is 2.43 bits per heavy atom. The summed E-state index contributed by atoms with van der Waals surface area (Å²) in [6.45, 7) is 10.5. The fourth-order valence-corrected chi connectivity index (χ4v) is 2.62. The van der Waals surface area contributed by atoms with Gasteiger partial charge in [-0.1, -0.05) is 32.6 Å². The van der Waals surface area contributed by atoms with Crippen molar-refractivity contribution in [2.45, 2.75) is 39.7 Å². The minimum Gasteiger partial charge on any atom is -0.478 e. The Labute approximate surface area is 125 Å². The van der Waals surface area contributed by atoms with E-state index in [0.29, 0.717) is 11.1 Å². The fourth-order valence-electron chi connectivity index (χ4n) is 2.62. The van der Waals surface area contributed by atoms with E-state index in [2.05, 4.69) is 6.58 Å². The van der Waals surface area contributed by atoms with E-state index in [0.717, 1.165) is 0 Å². The second-order valence-electron chi connectivity index (χ2n) is 6.06. The summed E-state index contributed by atoms with van der Waals surface area (Å²) in [5.74, 6) is -1.08. The van der Waals surface area contributed by atoms with Crippen molar-refractivity contribution in [1.29, 1.82) is 0 Å². The summed E-state index contributed by atoms with van der Waals surface area (Å²) in [5, 5.41) is 20.0. The Hall–Kier alpha value is -1.94. The van der Waals surface area contributed by atoms with Crippen LogP contribution in [0.15, 0.2) is 47.6 Å². The smallest absolute Gasteiger partial charge is 0.335 e. The van der Waals surface area contributed by atoms with E-state index < -0.39 is 17.0 Å². The van der Waals surface area contributed by atoms with Crippen LogP contribution in [0.5, 0.6) is 0 Å². The lowest BCUT2D eigenvalue weighted by molar-refractivity contribution is -0.132. The van der Waals surface area contributed by atoms with Gasteiger partial charge in [0.1, 0.15) is 5.60 Å². The second-order valence-corrected chi connectivity index (χ2v) is 6.06. The normalized spacial score (nSPS) is 26.3. The molecule has 4 heteroatoms. The maximum atomic E-state index is 11.6. The third-order valence-electron chi connectivity index (χ3n) is 4.06. The predicted molar refractivity (Wildman–Crippen MR) is 81.8 cm³/mol. The molecule has 1 aliphatic rings. The van der Waals surface area contributed by atoms with Crippen LogP contribution in [0, 0.1) is 5.41 Å². The molecular formula is C17H22O4. The molecule has 0 radical (unpaired) electrons. The van der Waals surface area contributed by atoms with Gasteiger partial charge in [-0.3, -0.25) is 4.79 Å². The van der Waals surface area contributed by atoms with Crippen molar-refractivity contribution in [3.05, 3.63) is 47.6 Å². The molecule has 21 heavy (non-hydrogen) atoms. The quantitative estimate of drug-likeness (QED) is 0.616. The van der Waals surface area contributed by atoms with Crippen LogP contribution in [-0.4, -0.2) is 27.6 Å². The Balaban J connectivity index is 3.29. The summed E-state index contributed by atoms with van der Waals surface area (Å²) in [5.41, 5.74) is -0.805. The van der Waals surface area contributed by atoms with Crippen molar-refractivity contribution in [2.75, 3.05) is 0 Å². The highest BCUT2D eigenvalue weighted by Gasteiger charge is 2.46. The lowest BCUT2D eigenvalue weighted by Crippen LogP contribution is -2.48. The van der Waals surface area contributed by atoms with Gasteiger partial charge in [0.15, 0.2) is 5.78 Å². The number of ketones is 1. The zero-order valence-corrected chi connectivity index (χ0v) is 12.9. The number of carboxylic acid groups (broad SMARTS) is 1. The molecule has 114 valence electrons. The monoisotopic (exact) mass is 290 g/mol. The molecule has 0 heterocycles. The van der Waals surface area contributed by atoms with Gasteiger partial charge in [-0.05, 0) is 37.1 Å². The van der Waals surface area contributed by atoms with Crippen molar-refractivity contribution in [2.24, 2.45) is 5.41 Å². The number of carboxylic acids is 1. The van der Waals surface area contributed by atoms with Gasteiger partial charge in [0, 0.05) is 11.8 Å². The molecule has 1 aliphatic carbocycles. The highest BCUT2D eigenvalue weighted by Crippen LogP contribution is 2.44. The Morgan fingerprint density at radius 2 is 2.00 bits per heavy atom. The summed E-state index contributed by atoms with van der Waals surface area (Å²) in [6, 6.07) is 0. The fraction of sp³-hybridized carbons (Fsp3) is 0.412. The SMILES string of the molecule is C=C/C(C(=O)O)=C(\C)C=C[C@@]1(O)C(C)=CC(=O)CC1(C)C. The zero-order valence-electron chi connectivity index (χ0n) is 12.9. The molecule has 4 nitrogen and oxygen atoms in total. The van der Waals surface area contributed by atoms with Crippen molar-refractivity contribution >= 4 is 11.8 Å². The number of carbonyl (C=O) groups excluding carboxylic acids is 1. The molecule has 0 bridgehead atoms. The minimum atomic E-state index is -1.28. The molecule has 0 unspecified atom stereocenters. The van der Waals surface area contributed by atoms with Gasteiger partial charge in [0.2, 0.25) is 0 Å². The molecule has 0 saturated carbocycles. The van der Waals surface area contributed by atoms with Crippen molar-refractivity contribution in [1.82, 2.24) is 0 Å². The number of allylic oxidation sites excluding steroid dienone is 3. The number of aliphatic carboxylic acids is 1. The Bertz CT molecular complexity index is 576. The Kier molecular flexibility index (Phi) is 4.74. The van der Waals surface area contributed by atoms with Crippen LogP contribution in [-0.2, 0) is 9.59 Å². The van der Waals surface area contributed by atoms with Gasteiger partial charge in [0.05, 0.1) is 5.57 Å². The number of rotatable bonds is 4. The van der Waals surface area contributed by atoms with E-state index in [1.165, 1.54) is 12.2 Å². The summed E-state index contributed by atoms with van der Waals surface area (Å²) >= 11 is 0. The molecule has 2 N–H and O–H groups in total. The number of hydrogen-bond acceptors (Lipinski definition) is 3. The molecule has 0 saturated heterocycles. The average molecular weight is 290 g/mol. The second kappa shape index (κ2) is 5.82. The first kappa shape index (κ1) is 17.1. The van der Waals surface area contributed by atoms with Gasteiger partial charge in [0.25, 0.3) is 0 Å². The maximum Gasteiger partial charge on any atom is 0.335 e. The van der Waals surface area contributed by atoms with Crippen LogP contribution in [0.2, 0.25) is 0 Å². The van der Waals surface area contributed by atoms with E-state index in [4.69, 9.17) is 5.11 Å². The van der Waals surface area contributed by atoms with Gasteiger partial charge < -0.3 is 10.2 Å². The van der Waals surface area contributed by atoms with Gasteiger partial charge >= 0.3 is 5.97 Å². The van der Waals surface area contributed by atoms with Gasteiger partial charge in [-0.2, -0.15) is 0 Å². The molecule has 0 fully saturated rings. The van der Waals surface area contributed by atoms with E-state index in [-0.39, 0.29) is 17.8 Å². The molecule has 0 amide bonds. The molecular weight excluding hydrogens is 268 g/mol. The van der Waals surface area contributed by atoms with E-state index in [1.54, 1.807) is 26.0 Å². The van der Waals surface area contributed by atoms with Crippen LogP contribution in [0.1, 0.15) is 34.1 Å². The number of carbonyl (C=O) groups is 2. The van der Waals surface area contributed by atoms with Crippen molar-refractivity contribution in [3.63, 3.8) is 0 Å². The lowest BCUT2D eigenvalue weighted by Gasteiger charge is -2.44. The van der Waals surface area contributed by atoms with E-state index >= 15 is 0 Å². The van der Waals surface area contributed by atoms with Gasteiger partial charge in [-0.15, -0.1) is 0 Å². The summed E-state index contributed by atoms with van der Waals surface area (Å²) in [7, 11) is 0. The third kappa shape index (κ3) is 3.22. The van der Waals surface area contributed by atoms with Crippen LogP contribution < -0.4 is 0 Å². The number of hydrogen-bond donors (Lipinski definition) is 2. The third-order valence-corrected chi connectivity index (χ3v) is 4.06. The molecule has 0 aromatic carbocycles. The molecule has 1 atom stereocenters. The standard InChI is InChI=1S/C17H22O4/c1-6-14(15(19)20)11(2)7-8-17(21)12(3)9-13(18)10-16(17,4)5/h6-9,21H,1,10H2,2-5H3,(H,19,20)/b8-7?,14-11-/t17-/m1/s1. The van der Waals surface area contributed by atoms with Crippen molar-refractivity contribution < 1.29 is 19.8 Å². The molecule has 1 rings (SSSR count). The van der Waals surface area contributed by atoms with Crippen molar-refractivity contribution in [3.8, 4) is 0 Å². The van der Waals surface area contributed by atoms with Gasteiger partial charge in [-0.25, -0.2) is 4.79 Å². The average Bonchev–Trinajstić information content (AvgIpc) is 2.33. The topological polar surface area (TPSA) is 74.6 Å². The first-order chi connectivity index (χ1) is 9.55. The van der Waals surface area contributed by atoms with Crippen LogP contribution in [0.4, 0.5) is 0 Å². The van der Waals surface area contributed by atoms with Crippen LogP contribution >= 0.6 is 0 Å². The summed E-state index contributed by atoms with van der Waals surface area (Å²) in [6.07, 6.45) is 6.08. The predicted octanol–water partition coefficient (Wildman–Crippen LogP) is 2.81. The molecule has 0 aromatic rings. The van der Waals surface area contributed by atoms with Crippen LogP contribution in [0.3, 0.4) is 0 Å². The first-order valence-corrected chi connectivity index (χ1v) is 6.75. The molecule has 0 aromatic heterocycles. The van der Waals surface area contributed by atoms with E-state index in [1.807, 2.05) is 13.8 Å². The highest BCUT2D eigenvalue weighted by molar-refractivity contribution is 5.93. The first-order valence-electron chi connectivity index (χ1n) is 6.75.